The summed E-state index contributed by atoms with van der Waals surface area (Å²) in [5.74, 6) is -0.577. The molecule has 1 saturated heterocycles. The number of nitrogens with one attached hydrogen (secondary N) is 2. The zero-order valence-electron chi connectivity index (χ0n) is 24.2. The van der Waals surface area contributed by atoms with Crippen molar-refractivity contribution in [3.05, 3.63) is 51.4 Å². The van der Waals surface area contributed by atoms with Crippen molar-refractivity contribution in [1.82, 2.24) is 19.5 Å². The highest BCUT2D eigenvalue weighted by Gasteiger charge is 2.47. The molecule has 1 aliphatic heterocycles. The molecule has 266 valence electrons. The number of aliphatic hydroxyl groups excluding tert-OH is 2. The van der Waals surface area contributed by atoms with Crippen molar-refractivity contribution in [2.24, 2.45) is 5.11 Å². The molecule has 26 nitrogen and oxygen atoms in total. The number of ether oxygens (including phenoxy) is 1. The van der Waals surface area contributed by atoms with Crippen LogP contribution in [0.5, 0.6) is 0 Å². The lowest BCUT2D eigenvalue weighted by molar-refractivity contribution is -0.383. The Balaban J connectivity index is 1.35. The number of nitro benzene ring substituents is 1. The van der Waals surface area contributed by atoms with Crippen LogP contribution in [0.25, 0.3) is 21.6 Å². The number of hydrogen-bond donors (Lipinski definition) is 8. The highest BCUT2D eigenvalue weighted by molar-refractivity contribution is 7.66. The molecule has 49 heavy (non-hydrogen) atoms. The Bertz CT molecular complexity index is 1920. The lowest BCUT2D eigenvalue weighted by Crippen LogP contribution is -2.33. The zero-order valence-corrected chi connectivity index (χ0v) is 26.9. The zero-order chi connectivity index (χ0) is 36.1. The van der Waals surface area contributed by atoms with Gasteiger partial charge in [-0.25, -0.2) is 28.6 Å². The third-order valence-corrected chi connectivity index (χ3v) is 10.1. The van der Waals surface area contributed by atoms with Crippen LogP contribution in [0.2, 0.25) is 0 Å². The van der Waals surface area contributed by atoms with Gasteiger partial charge in [-0.2, -0.15) is 8.62 Å². The third kappa shape index (κ3) is 10.0. The van der Waals surface area contributed by atoms with Crippen LogP contribution < -0.4 is 10.6 Å². The molecule has 4 rings (SSSR count). The van der Waals surface area contributed by atoms with Crippen LogP contribution in [0.3, 0.4) is 0 Å². The average molecular weight is 754 g/mol. The molecule has 0 radical (unpaired) electrons. The summed E-state index contributed by atoms with van der Waals surface area (Å²) in [6, 6.07) is 3.83. The quantitative estimate of drug-likeness (QED) is 0.0195. The minimum absolute atomic E-state index is 0.00626. The Labute approximate surface area is 271 Å². The van der Waals surface area contributed by atoms with Gasteiger partial charge in [-0.1, -0.05) is 11.2 Å². The van der Waals surface area contributed by atoms with Crippen LogP contribution in [0.15, 0.2) is 36.0 Å². The number of phosphoric ester groups is 1. The maximum Gasteiger partial charge on any atom is 0.490 e. The van der Waals surface area contributed by atoms with E-state index in [2.05, 4.69) is 48.8 Å². The van der Waals surface area contributed by atoms with E-state index >= 15 is 0 Å². The van der Waals surface area contributed by atoms with Gasteiger partial charge in [0.1, 0.15) is 30.3 Å². The number of anilines is 2. The summed E-state index contributed by atoms with van der Waals surface area (Å²) in [7, 11) is -17.0. The van der Waals surface area contributed by atoms with Gasteiger partial charge in [0, 0.05) is 29.6 Å². The molecule has 6 atom stereocenters. The number of carbonyl (C=O) groups is 1. The number of amides is 1. The fourth-order valence-corrected chi connectivity index (χ4v) is 7.33. The van der Waals surface area contributed by atoms with Gasteiger partial charge in [0.05, 0.1) is 17.9 Å². The number of azide groups is 1. The molecule has 2 aromatic heterocycles. The molecule has 6 unspecified atom stereocenters. The molecular weight excluding hydrogens is 729 g/mol. The third-order valence-electron chi connectivity index (χ3n) is 6.28. The van der Waals surface area contributed by atoms with Gasteiger partial charge in [0.25, 0.3) is 5.69 Å². The lowest BCUT2D eigenvalue weighted by Gasteiger charge is -2.19. The van der Waals surface area contributed by atoms with Crippen molar-refractivity contribution < 1.29 is 71.1 Å². The summed E-state index contributed by atoms with van der Waals surface area (Å²) in [4.78, 5) is 74.2. The number of nitro groups is 1. The first kappa shape index (κ1) is 37.9. The summed E-state index contributed by atoms with van der Waals surface area (Å²) in [6.45, 7) is -0.907. The predicted octanol–water partition coefficient (Wildman–Crippen LogP) is 1.47. The van der Waals surface area contributed by atoms with Crippen molar-refractivity contribution in [3.8, 4) is 0 Å². The molecule has 0 saturated carbocycles. The summed E-state index contributed by atoms with van der Waals surface area (Å²) in [6.07, 6.45) is -4.27. The number of rotatable bonds is 16. The standard InChI is InChI=1S/C20H25N10O16P3/c21-28-27-10-3-4-11(12(6-10)30(34)35)22-5-1-2-14(31)26-18-15-19(24-8-23-18)29(9-25-15)20-17(33)16(32)13(44-20)7-43-48(39,40)46-49(41,42)45-47(36,37)38/h3-4,6,8-9,13,16-17,20,22,32-33H,1-2,5,7H2,(H,39,40)(H,41,42)(H2,36,37,38)(H,23,24,26,31). The second-order valence-electron chi connectivity index (χ2n) is 9.71. The van der Waals surface area contributed by atoms with E-state index in [1.807, 2.05) is 0 Å². The number of phosphoric acid groups is 3. The second-order valence-corrected chi connectivity index (χ2v) is 14.1. The number of imidazole rings is 1. The molecular formula is C20H25N10O16P3. The number of hydrogen-bond acceptors (Lipinski definition) is 17. The Hall–Kier alpha value is -3.96. The van der Waals surface area contributed by atoms with E-state index in [0.717, 1.165) is 23.3 Å². The van der Waals surface area contributed by atoms with Crippen LogP contribution in [-0.4, -0.2) is 91.6 Å². The Morgan fingerprint density at radius 1 is 1.12 bits per heavy atom. The van der Waals surface area contributed by atoms with Gasteiger partial charge in [-0.3, -0.25) is 24.0 Å². The van der Waals surface area contributed by atoms with E-state index in [0.29, 0.717) is 0 Å². The minimum Gasteiger partial charge on any atom is -0.387 e. The molecule has 3 heterocycles. The lowest BCUT2D eigenvalue weighted by atomic mass is 10.1. The van der Waals surface area contributed by atoms with Gasteiger partial charge >= 0.3 is 23.5 Å². The molecule has 0 aliphatic carbocycles. The van der Waals surface area contributed by atoms with Gasteiger partial charge in [-0.05, 0) is 18.0 Å². The van der Waals surface area contributed by atoms with Crippen LogP contribution in [-0.2, 0) is 36.4 Å². The minimum atomic E-state index is -5.80. The number of nitrogens with zero attached hydrogens (tertiary/aromatic N) is 8. The summed E-state index contributed by atoms with van der Waals surface area (Å²) in [5.41, 5.74) is 8.40. The smallest absolute Gasteiger partial charge is 0.387 e. The van der Waals surface area contributed by atoms with Crippen molar-refractivity contribution >= 4 is 63.4 Å². The Kier molecular flexibility index (Phi) is 11.8. The molecule has 1 amide bonds. The summed E-state index contributed by atoms with van der Waals surface area (Å²) < 4.78 is 52.6. The molecule has 1 aromatic carbocycles. The predicted molar refractivity (Wildman–Crippen MR) is 159 cm³/mol. The SMILES string of the molecule is [N-]=[N+]=Nc1ccc(NCCCC(=O)Nc2ncnc3c2ncn3C2OC(COP(=O)(O)OP(=O)(O)OP(=O)(O)O)C(O)C2O)c([N+](=O)[O-])c1. The molecule has 29 heteroatoms. The van der Waals surface area contributed by atoms with Gasteiger partial charge in [0.2, 0.25) is 5.91 Å². The second kappa shape index (κ2) is 15.3. The summed E-state index contributed by atoms with van der Waals surface area (Å²) >= 11 is 0. The van der Waals surface area contributed by atoms with Gasteiger partial charge < -0.3 is 45.2 Å². The first-order chi connectivity index (χ1) is 22.9. The highest BCUT2D eigenvalue weighted by Crippen LogP contribution is 2.66. The van der Waals surface area contributed by atoms with Crippen molar-refractivity contribution in [2.45, 2.75) is 37.4 Å². The highest BCUT2D eigenvalue weighted by atomic mass is 31.3. The normalized spacial score (nSPS) is 21.8. The Morgan fingerprint density at radius 2 is 1.86 bits per heavy atom. The molecule has 1 aliphatic rings. The van der Waals surface area contributed by atoms with Crippen molar-refractivity contribution in [3.63, 3.8) is 0 Å². The molecule has 3 aromatic rings. The van der Waals surface area contributed by atoms with Gasteiger partial charge in [-0.15, -0.1) is 0 Å². The van der Waals surface area contributed by atoms with E-state index in [1.165, 1.54) is 12.1 Å². The van der Waals surface area contributed by atoms with E-state index < -0.39 is 65.4 Å². The molecule has 8 N–H and O–H groups in total. The number of aliphatic hydroxyl groups is 2. The van der Waals surface area contributed by atoms with Gasteiger partial charge in [0.15, 0.2) is 23.2 Å². The van der Waals surface area contributed by atoms with Crippen molar-refractivity contribution in [2.75, 3.05) is 23.8 Å². The number of carbonyl (C=O) groups excluding carboxylic acids is 1. The monoisotopic (exact) mass is 754 g/mol. The molecule has 0 bridgehead atoms. The first-order valence-corrected chi connectivity index (χ1v) is 17.8. The van der Waals surface area contributed by atoms with E-state index in [1.54, 1.807) is 0 Å². The van der Waals surface area contributed by atoms with Crippen LogP contribution >= 0.6 is 23.5 Å². The Morgan fingerprint density at radius 3 is 2.53 bits per heavy atom. The van der Waals surface area contributed by atoms with E-state index in [4.69, 9.17) is 20.1 Å². The maximum atomic E-state index is 12.6. The largest absolute Gasteiger partial charge is 0.490 e. The number of fused-ring (bicyclic) bond motifs is 1. The van der Waals surface area contributed by atoms with E-state index in [-0.39, 0.29) is 53.4 Å². The number of aromatic nitrogens is 4. The fourth-order valence-electron chi connectivity index (χ4n) is 4.30. The average Bonchev–Trinajstić information content (AvgIpc) is 3.54. The fraction of sp³-hybridized carbons (Fsp3) is 0.400. The maximum absolute atomic E-state index is 12.6. The topological polar surface area (TPSA) is 386 Å². The molecule has 1 fully saturated rings. The first-order valence-electron chi connectivity index (χ1n) is 13.2. The number of benzene rings is 1. The van der Waals surface area contributed by atoms with E-state index in [9.17, 15) is 48.6 Å². The van der Waals surface area contributed by atoms with Crippen LogP contribution in [0.4, 0.5) is 22.9 Å². The van der Waals surface area contributed by atoms with Crippen molar-refractivity contribution in [1.29, 1.82) is 0 Å². The summed E-state index contributed by atoms with van der Waals surface area (Å²) in [5, 5.41) is 41.1. The van der Waals surface area contributed by atoms with Crippen LogP contribution in [0, 0.1) is 10.1 Å². The molecule has 0 spiro atoms. The van der Waals surface area contributed by atoms with Crippen LogP contribution in [0.1, 0.15) is 19.1 Å².